The Morgan fingerprint density at radius 2 is 2.25 bits per heavy atom. The summed E-state index contributed by atoms with van der Waals surface area (Å²) in [6, 6.07) is -0.816. The first-order valence-electron chi connectivity index (χ1n) is 1.77. The molecule has 0 amide bonds. The maximum atomic E-state index is 9.76. The molecule has 0 saturated heterocycles. The summed E-state index contributed by atoms with van der Waals surface area (Å²) in [6.45, 7) is 0. The maximum absolute atomic E-state index is 9.76. The number of aliphatic carboxylic acids is 1. The zero-order valence-electron chi connectivity index (χ0n) is 4.16. The van der Waals surface area contributed by atoms with Gasteiger partial charge in [0.15, 0.2) is 0 Å². The molecule has 0 aliphatic carbocycles. The molecule has 0 heterocycles. The summed E-state index contributed by atoms with van der Waals surface area (Å²) in [5, 5.41) is 8.01. The molecule has 0 aromatic heterocycles. The van der Waals surface area contributed by atoms with Gasteiger partial charge in [-0.2, -0.15) is 12.6 Å². The van der Waals surface area contributed by atoms with E-state index in [-0.39, 0.29) is 22.8 Å². The van der Waals surface area contributed by atoms with E-state index in [1.54, 1.807) is 0 Å². The molecule has 3 nitrogen and oxygen atoms in total. The van der Waals surface area contributed by atoms with Crippen LogP contribution < -0.4 is 5.73 Å². The number of nitrogens with two attached hydrogens (primary N) is 1. The van der Waals surface area contributed by atoms with Crippen LogP contribution in [0.1, 0.15) is 0 Å². The molecule has 0 unspecified atom stereocenters. The van der Waals surface area contributed by atoms with Crippen LogP contribution in [0.25, 0.3) is 0 Å². The Balaban J connectivity index is 0. The molecule has 3 N–H and O–H groups in total. The molecule has 0 rings (SSSR count). The van der Waals surface area contributed by atoms with E-state index in [9.17, 15) is 4.79 Å². The molecule has 0 bridgehead atoms. The van der Waals surface area contributed by atoms with Crippen molar-refractivity contribution in [3.8, 4) is 0 Å². The second kappa shape index (κ2) is 5.44. The van der Waals surface area contributed by atoms with Crippen molar-refractivity contribution in [2.45, 2.75) is 6.04 Å². The van der Waals surface area contributed by atoms with E-state index in [2.05, 4.69) is 12.6 Å². The molecule has 0 aliphatic heterocycles. The van der Waals surface area contributed by atoms with Crippen LogP contribution in [-0.4, -0.2) is 39.9 Å². The Labute approximate surface area is 63.5 Å². The van der Waals surface area contributed by atoms with Gasteiger partial charge in [0.1, 0.15) is 6.04 Å². The van der Waals surface area contributed by atoms with Crippen molar-refractivity contribution in [1.82, 2.24) is 0 Å². The quantitative estimate of drug-likeness (QED) is 0.374. The second-order valence-electron chi connectivity index (χ2n) is 1.13. The molecule has 1 atom stereocenters. The topological polar surface area (TPSA) is 63.3 Å². The van der Waals surface area contributed by atoms with Gasteiger partial charge < -0.3 is 10.8 Å². The van der Waals surface area contributed by atoms with Gasteiger partial charge in [0.05, 0.1) is 0 Å². The number of hydrogen-bond donors (Lipinski definition) is 3. The molecule has 0 radical (unpaired) electrons. The number of rotatable bonds is 2. The van der Waals surface area contributed by atoms with Crippen molar-refractivity contribution in [2.75, 3.05) is 5.75 Å². The SMILES string of the molecule is N[C@@H](CS)C(=O)O.[SeH2]. The van der Waals surface area contributed by atoms with Crippen LogP contribution in [-0.2, 0) is 4.79 Å². The zero-order valence-corrected chi connectivity index (χ0v) is 7.16. The molecule has 0 spiro atoms. The van der Waals surface area contributed by atoms with Gasteiger partial charge in [-0.1, -0.05) is 0 Å². The van der Waals surface area contributed by atoms with Gasteiger partial charge in [0.25, 0.3) is 0 Å². The van der Waals surface area contributed by atoms with Gasteiger partial charge in [-0.3, -0.25) is 4.79 Å². The molecule has 0 aliphatic rings. The molecule has 0 fully saturated rings. The van der Waals surface area contributed by atoms with E-state index >= 15 is 0 Å². The molecular formula is C3H9NO2SSe. The van der Waals surface area contributed by atoms with Gasteiger partial charge in [-0.05, 0) is 0 Å². The Morgan fingerprint density at radius 3 is 2.25 bits per heavy atom. The second-order valence-corrected chi connectivity index (χ2v) is 1.49. The molecule has 0 saturated carbocycles. The van der Waals surface area contributed by atoms with Crippen molar-refractivity contribution < 1.29 is 9.90 Å². The van der Waals surface area contributed by atoms with Crippen LogP contribution in [0.4, 0.5) is 0 Å². The summed E-state index contributed by atoms with van der Waals surface area (Å²) < 4.78 is 0. The summed E-state index contributed by atoms with van der Waals surface area (Å²) in [5.74, 6) is -0.815. The Kier molecular flexibility index (Phi) is 7.57. The van der Waals surface area contributed by atoms with Crippen molar-refractivity contribution >= 4 is 35.7 Å². The van der Waals surface area contributed by atoms with Crippen LogP contribution in [0.5, 0.6) is 0 Å². The van der Waals surface area contributed by atoms with Gasteiger partial charge in [0, 0.05) is 5.75 Å². The van der Waals surface area contributed by atoms with Crippen molar-refractivity contribution in [2.24, 2.45) is 5.73 Å². The first kappa shape index (κ1) is 11.1. The first-order valence-corrected chi connectivity index (χ1v) is 2.41. The average Bonchev–Trinajstić information content (AvgIpc) is 1.65. The number of carbonyl (C=O) groups is 1. The van der Waals surface area contributed by atoms with E-state index in [0.29, 0.717) is 0 Å². The summed E-state index contributed by atoms with van der Waals surface area (Å²) in [4.78, 5) is 9.76. The summed E-state index contributed by atoms with van der Waals surface area (Å²) >= 11 is 3.65. The Hall–Kier alpha value is 0.299. The van der Waals surface area contributed by atoms with Gasteiger partial charge in [-0.25, -0.2) is 0 Å². The van der Waals surface area contributed by atoms with E-state index in [0.717, 1.165) is 0 Å². The van der Waals surface area contributed by atoms with Crippen LogP contribution in [0.2, 0.25) is 0 Å². The van der Waals surface area contributed by atoms with Crippen LogP contribution in [0.3, 0.4) is 0 Å². The van der Waals surface area contributed by atoms with Crippen LogP contribution >= 0.6 is 12.6 Å². The number of carboxylic acids is 1. The van der Waals surface area contributed by atoms with Gasteiger partial charge >= 0.3 is 23.0 Å². The molecular weight excluding hydrogens is 193 g/mol. The molecule has 0 aromatic carbocycles. The summed E-state index contributed by atoms with van der Waals surface area (Å²) in [5.41, 5.74) is 4.94. The number of carboxylic acid groups (broad SMARTS) is 1. The summed E-state index contributed by atoms with van der Waals surface area (Å²) in [6.07, 6.45) is 0. The Morgan fingerprint density at radius 1 is 1.88 bits per heavy atom. The van der Waals surface area contributed by atoms with E-state index in [1.807, 2.05) is 0 Å². The predicted molar refractivity (Wildman–Crippen MR) is 38.0 cm³/mol. The van der Waals surface area contributed by atoms with Gasteiger partial charge in [-0.15, -0.1) is 0 Å². The predicted octanol–water partition coefficient (Wildman–Crippen LogP) is -1.59. The van der Waals surface area contributed by atoms with Crippen LogP contribution in [0, 0.1) is 0 Å². The Bertz CT molecular complexity index is 79.7. The van der Waals surface area contributed by atoms with Crippen LogP contribution in [0.15, 0.2) is 0 Å². The van der Waals surface area contributed by atoms with E-state index < -0.39 is 12.0 Å². The van der Waals surface area contributed by atoms with Crippen molar-refractivity contribution in [3.05, 3.63) is 0 Å². The van der Waals surface area contributed by atoms with Crippen molar-refractivity contribution in [1.29, 1.82) is 0 Å². The normalized spacial score (nSPS) is 11.8. The average molecular weight is 202 g/mol. The standard InChI is InChI=1S/C3H7NO2S.H2Se/c4-2(1-7)3(5)6;/h2,7H,1,4H2,(H,5,6);1H2/t2-;/m0./s1. The number of hydrogen-bond acceptors (Lipinski definition) is 3. The fraction of sp³-hybridized carbons (Fsp3) is 0.667. The fourth-order valence-corrected chi connectivity index (χ4v) is 0.234. The first-order chi connectivity index (χ1) is 3.18. The molecule has 50 valence electrons. The zero-order chi connectivity index (χ0) is 5.86. The molecule has 0 aromatic rings. The number of thiol groups is 1. The van der Waals surface area contributed by atoms with E-state index in [4.69, 9.17) is 10.8 Å². The fourth-order valence-electron chi connectivity index (χ4n) is 0.0781. The third kappa shape index (κ3) is 4.46. The third-order valence-corrected chi connectivity index (χ3v) is 0.907. The molecule has 8 heavy (non-hydrogen) atoms. The summed E-state index contributed by atoms with van der Waals surface area (Å²) in [7, 11) is 0. The monoisotopic (exact) mass is 203 g/mol. The van der Waals surface area contributed by atoms with E-state index in [1.165, 1.54) is 0 Å². The van der Waals surface area contributed by atoms with Gasteiger partial charge in [0.2, 0.25) is 0 Å². The minimum absolute atomic E-state index is 0. The third-order valence-electron chi connectivity index (χ3n) is 0.514. The molecule has 5 heteroatoms. The minimum atomic E-state index is -1.00. The van der Waals surface area contributed by atoms with Crippen molar-refractivity contribution in [3.63, 3.8) is 0 Å².